The molecular weight excluding hydrogens is 226 g/mol. The number of hydrogen-bond donors (Lipinski definition) is 1. The first kappa shape index (κ1) is 22.7. The Morgan fingerprint density at radius 2 is 1.38 bits per heavy atom. The molecule has 52 valence electrons. The summed E-state index contributed by atoms with van der Waals surface area (Å²) in [4.78, 5) is 0. The van der Waals surface area contributed by atoms with Gasteiger partial charge in [-0.05, 0) is 5.92 Å². The van der Waals surface area contributed by atoms with Crippen LogP contribution in [0.4, 0.5) is 0 Å². The molecule has 0 spiro atoms. The van der Waals surface area contributed by atoms with E-state index in [1.54, 1.807) is 0 Å². The Labute approximate surface area is 82.2 Å². The third kappa shape index (κ3) is 26.1. The topological polar surface area (TPSA) is 20.2 Å². The summed E-state index contributed by atoms with van der Waals surface area (Å²) < 4.78 is 0. The molecule has 0 fully saturated rings. The van der Waals surface area contributed by atoms with Gasteiger partial charge in [0, 0.05) is 32.8 Å². The molecule has 0 aromatic carbocycles. The molecule has 8 heavy (non-hydrogen) atoms. The predicted octanol–water partition coefficient (Wildman–Crippen LogP) is 1.48. The standard InChI is InChI=1S/C4H10O.2ClH.Zr/c1-4(2)3-5;;;/h4-5H,3H2,1-2H3;2*1H;. The summed E-state index contributed by atoms with van der Waals surface area (Å²) in [6.45, 7) is 4.25. The molecule has 4 heteroatoms. The van der Waals surface area contributed by atoms with Crippen molar-refractivity contribution in [2.24, 2.45) is 5.92 Å². The molecular formula is C4H12Cl2OZr. The second-order valence-electron chi connectivity index (χ2n) is 1.58. The van der Waals surface area contributed by atoms with Gasteiger partial charge in [-0.3, -0.25) is 0 Å². The Balaban J connectivity index is -0.0000000267. The molecule has 1 N–H and O–H groups in total. The van der Waals surface area contributed by atoms with E-state index in [1.807, 2.05) is 13.8 Å². The zero-order chi connectivity index (χ0) is 4.28. The zero-order valence-electron chi connectivity index (χ0n) is 5.05. The van der Waals surface area contributed by atoms with Crippen molar-refractivity contribution in [1.29, 1.82) is 0 Å². The van der Waals surface area contributed by atoms with Crippen LogP contribution in [-0.2, 0) is 26.2 Å². The fraction of sp³-hybridized carbons (Fsp3) is 1.00. The van der Waals surface area contributed by atoms with E-state index in [0.29, 0.717) is 12.5 Å². The van der Waals surface area contributed by atoms with Gasteiger partial charge in [0.1, 0.15) is 0 Å². The van der Waals surface area contributed by atoms with Gasteiger partial charge >= 0.3 is 0 Å². The molecule has 0 aromatic rings. The fourth-order valence-corrected chi connectivity index (χ4v) is 0. The van der Waals surface area contributed by atoms with Crippen molar-refractivity contribution in [3.05, 3.63) is 0 Å². The van der Waals surface area contributed by atoms with Crippen LogP contribution < -0.4 is 0 Å². The molecule has 0 saturated heterocycles. The van der Waals surface area contributed by atoms with Crippen molar-refractivity contribution in [3.8, 4) is 0 Å². The monoisotopic (exact) mass is 236 g/mol. The van der Waals surface area contributed by atoms with Crippen LogP contribution in [0.3, 0.4) is 0 Å². The molecule has 0 aromatic heterocycles. The van der Waals surface area contributed by atoms with Gasteiger partial charge < -0.3 is 5.11 Å². The van der Waals surface area contributed by atoms with Crippen molar-refractivity contribution in [1.82, 2.24) is 0 Å². The molecule has 0 bridgehead atoms. The Bertz CT molecular complexity index is 28.0. The molecule has 1 nitrogen and oxygen atoms in total. The van der Waals surface area contributed by atoms with E-state index in [9.17, 15) is 0 Å². The Morgan fingerprint density at radius 3 is 1.38 bits per heavy atom. The normalized spacial score (nSPS) is 6.00. The minimum Gasteiger partial charge on any atom is -0.396 e. The van der Waals surface area contributed by atoms with Gasteiger partial charge in [-0.2, -0.15) is 0 Å². The van der Waals surface area contributed by atoms with Crippen LogP contribution in [0.5, 0.6) is 0 Å². The van der Waals surface area contributed by atoms with E-state index in [4.69, 9.17) is 5.11 Å². The summed E-state index contributed by atoms with van der Waals surface area (Å²) in [7, 11) is 0. The Hall–Kier alpha value is 1.42. The average molecular weight is 238 g/mol. The van der Waals surface area contributed by atoms with E-state index in [-0.39, 0.29) is 51.0 Å². The SMILES string of the molecule is CC(C)CO.Cl.Cl.[Zr]. The molecule has 0 saturated carbocycles. The molecule has 0 amide bonds. The van der Waals surface area contributed by atoms with Gasteiger partial charge in [0.05, 0.1) is 0 Å². The third-order valence-corrected chi connectivity index (χ3v) is 0.365. The van der Waals surface area contributed by atoms with E-state index in [1.165, 1.54) is 0 Å². The average Bonchev–Trinajstić information content (AvgIpc) is 1.38. The van der Waals surface area contributed by atoms with Crippen molar-refractivity contribution < 1.29 is 31.3 Å². The summed E-state index contributed by atoms with van der Waals surface area (Å²) in [5.74, 6) is 0.440. The second kappa shape index (κ2) is 15.8. The first-order valence-corrected chi connectivity index (χ1v) is 1.88. The van der Waals surface area contributed by atoms with E-state index in [2.05, 4.69) is 0 Å². The van der Waals surface area contributed by atoms with Gasteiger partial charge in [-0.15, -0.1) is 24.8 Å². The summed E-state index contributed by atoms with van der Waals surface area (Å²) >= 11 is 0. The van der Waals surface area contributed by atoms with E-state index in [0.717, 1.165) is 0 Å². The smallest absolute Gasteiger partial charge is 0.0453 e. The van der Waals surface area contributed by atoms with Crippen LogP contribution in [0, 0.1) is 5.92 Å². The van der Waals surface area contributed by atoms with Gasteiger partial charge in [-0.1, -0.05) is 13.8 Å². The van der Waals surface area contributed by atoms with E-state index >= 15 is 0 Å². The van der Waals surface area contributed by atoms with Crippen LogP contribution in [0.15, 0.2) is 0 Å². The summed E-state index contributed by atoms with van der Waals surface area (Å²) in [6, 6.07) is 0. The van der Waals surface area contributed by atoms with Crippen LogP contribution in [-0.4, -0.2) is 11.7 Å². The number of halogens is 2. The van der Waals surface area contributed by atoms with Crippen molar-refractivity contribution in [2.45, 2.75) is 13.8 Å². The zero-order valence-corrected chi connectivity index (χ0v) is 9.14. The molecule has 0 radical (unpaired) electrons. The minimum absolute atomic E-state index is 0. The maximum Gasteiger partial charge on any atom is 0.0453 e. The third-order valence-electron chi connectivity index (χ3n) is 0.365. The number of rotatable bonds is 1. The predicted molar refractivity (Wildman–Crippen MR) is 36.4 cm³/mol. The summed E-state index contributed by atoms with van der Waals surface area (Å²) in [5, 5.41) is 8.14. The van der Waals surface area contributed by atoms with Crippen LogP contribution >= 0.6 is 24.8 Å². The van der Waals surface area contributed by atoms with Gasteiger partial charge in [0.25, 0.3) is 0 Å². The first-order valence-electron chi connectivity index (χ1n) is 1.88. The number of aliphatic hydroxyl groups is 1. The van der Waals surface area contributed by atoms with Crippen LogP contribution in [0.1, 0.15) is 13.8 Å². The number of aliphatic hydroxyl groups excluding tert-OH is 1. The maximum atomic E-state index is 8.14. The molecule has 0 atom stereocenters. The van der Waals surface area contributed by atoms with Crippen molar-refractivity contribution in [3.63, 3.8) is 0 Å². The Morgan fingerprint density at radius 1 is 1.25 bits per heavy atom. The van der Waals surface area contributed by atoms with Gasteiger partial charge in [-0.25, -0.2) is 0 Å². The maximum absolute atomic E-state index is 8.14. The fourth-order valence-electron chi connectivity index (χ4n) is 0. The summed E-state index contributed by atoms with van der Waals surface area (Å²) in [5.41, 5.74) is 0. The molecule has 0 rings (SSSR count). The van der Waals surface area contributed by atoms with Gasteiger partial charge in [0.15, 0.2) is 0 Å². The van der Waals surface area contributed by atoms with Crippen molar-refractivity contribution >= 4 is 24.8 Å². The van der Waals surface area contributed by atoms with E-state index < -0.39 is 0 Å². The summed E-state index contributed by atoms with van der Waals surface area (Å²) in [6.07, 6.45) is 0. The Kier molecular flexibility index (Phi) is 44.8. The second-order valence-corrected chi connectivity index (χ2v) is 1.58. The van der Waals surface area contributed by atoms with Crippen LogP contribution in [0.25, 0.3) is 0 Å². The largest absolute Gasteiger partial charge is 0.396 e. The molecule has 0 aliphatic rings. The number of hydrogen-bond acceptors (Lipinski definition) is 1. The minimum atomic E-state index is 0. The molecule has 0 heterocycles. The van der Waals surface area contributed by atoms with Crippen molar-refractivity contribution in [2.75, 3.05) is 6.61 Å². The molecule has 0 aliphatic heterocycles. The van der Waals surface area contributed by atoms with Crippen LogP contribution in [0.2, 0.25) is 0 Å². The molecule has 0 unspecified atom stereocenters. The van der Waals surface area contributed by atoms with Gasteiger partial charge in [0.2, 0.25) is 0 Å². The molecule has 0 aliphatic carbocycles. The first-order chi connectivity index (χ1) is 2.27. The quantitative estimate of drug-likeness (QED) is 0.733.